The molecule has 3 aromatic heterocycles. The van der Waals surface area contributed by atoms with Crippen molar-refractivity contribution in [1.29, 1.82) is 0 Å². The van der Waals surface area contributed by atoms with Gasteiger partial charge in [-0.2, -0.15) is 9.67 Å². The summed E-state index contributed by atoms with van der Waals surface area (Å²) >= 11 is 5.12. The molecule has 0 N–H and O–H groups in total. The van der Waals surface area contributed by atoms with Crippen LogP contribution in [0.1, 0.15) is 17.3 Å². The van der Waals surface area contributed by atoms with E-state index >= 15 is 0 Å². The van der Waals surface area contributed by atoms with Gasteiger partial charge < -0.3 is 0 Å². The third-order valence-corrected chi connectivity index (χ3v) is 3.83. The lowest BCUT2D eigenvalue weighted by atomic mass is 10.4. The summed E-state index contributed by atoms with van der Waals surface area (Å²) in [4.78, 5) is 9.88. The van der Waals surface area contributed by atoms with Gasteiger partial charge in [0, 0.05) is 16.9 Å². The molecule has 0 aliphatic carbocycles. The molecule has 0 aromatic carbocycles. The highest BCUT2D eigenvalue weighted by Crippen LogP contribution is 2.22. The van der Waals surface area contributed by atoms with E-state index in [9.17, 15) is 0 Å². The molecule has 0 saturated heterocycles. The third-order valence-electron chi connectivity index (χ3n) is 2.54. The normalized spacial score (nSPS) is 11.5. The van der Waals surface area contributed by atoms with Gasteiger partial charge in [-0.25, -0.2) is 4.98 Å². The van der Waals surface area contributed by atoms with Crippen LogP contribution in [0, 0.1) is 13.8 Å². The van der Waals surface area contributed by atoms with Gasteiger partial charge in [0.2, 0.25) is 0 Å². The van der Waals surface area contributed by atoms with E-state index in [4.69, 9.17) is 0 Å². The highest BCUT2D eigenvalue weighted by Gasteiger charge is 2.16. The molecule has 17 heavy (non-hydrogen) atoms. The SMILES string of the molecule is Cc1nc(C)n(-c2nc3sccn3c2CBr)n1. The zero-order valence-electron chi connectivity index (χ0n) is 9.38. The van der Waals surface area contributed by atoms with E-state index in [2.05, 4.69) is 35.4 Å². The van der Waals surface area contributed by atoms with Crippen molar-refractivity contribution in [3.63, 3.8) is 0 Å². The Labute approximate surface area is 110 Å². The van der Waals surface area contributed by atoms with E-state index in [0.29, 0.717) is 0 Å². The molecule has 0 radical (unpaired) electrons. The molecule has 0 aliphatic heterocycles. The summed E-state index contributed by atoms with van der Waals surface area (Å²) in [5.41, 5.74) is 1.09. The molecule has 88 valence electrons. The minimum Gasteiger partial charge on any atom is -0.292 e. The van der Waals surface area contributed by atoms with E-state index in [1.54, 1.807) is 16.0 Å². The van der Waals surface area contributed by atoms with Crippen molar-refractivity contribution < 1.29 is 0 Å². The largest absolute Gasteiger partial charge is 0.292 e. The van der Waals surface area contributed by atoms with Crippen LogP contribution in [0.15, 0.2) is 11.6 Å². The Balaban J connectivity index is 2.29. The second-order valence-electron chi connectivity index (χ2n) is 3.69. The number of alkyl halides is 1. The highest BCUT2D eigenvalue weighted by atomic mass is 79.9. The molecule has 5 nitrogen and oxygen atoms in total. The van der Waals surface area contributed by atoms with Crippen LogP contribution in [0.25, 0.3) is 10.8 Å². The summed E-state index contributed by atoms with van der Waals surface area (Å²) in [7, 11) is 0. The molecule has 0 amide bonds. The van der Waals surface area contributed by atoms with Crippen molar-refractivity contribution >= 4 is 32.2 Å². The average Bonchev–Trinajstić information content (AvgIpc) is 2.91. The van der Waals surface area contributed by atoms with Gasteiger partial charge >= 0.3 is 0 Å². The quantitative estimate of drug-likeness (QED) is 0.683. The van der Waals surface area contributed by atoms with Gasteiger partial charge in [-0.05, 0) is 13.8 Å². The molecule has 3 heterocycles. The zero-order chi connectivity index (χ0) is 12.0. The van der Waals surface area contributed by atoms with E-state index in [1.165, 1.54) is 0 Å². The van der Waals surface area contributed by atoms with Gasteiger partial charge in [0.25, 0.3) is 0 Å². The van der Waals surface area contributed by atoms with Gasteiger partial charge in [-0.1, -0.05) is 15.9 Å². The second kappa shape index (κ2) is 3.92. The van der Waals surface area contributed by atoms with E-state index < -0.39 is 0 Å². The summed E-state index contributed by atoms with van der Waals surface area (Å²) in [5, 5.41) is 7.14. The van der Waals surface area contributed by atoms with Crippen molar-refractivity contribution in [2.24, 2.45) is 0 Å². The third kappa shape index (κ3) is 1.61. The van der Waals surface area contributed by atoms with Crippen LogP contribution >= 0.6 is 27.3 Å². The second-order valence-corrected chi connectivity index (χ2v) is 5.12. The van der Waals surface area contributed by atoms with Crippen molar-refractivity contribution in [2.45, 2.75) is 19.2 Å². The maximum absolute atomic E-state index is 4.60. The molecular weight excluding hydrogens is 302 g/mol. The number of rotatable bonds is 2. The fourth-order valence-electron chi connectivity index (χ4n) is 1.84. The van der Waals surface area contributed by atoms with Crippen LogP contribution in [-0.4, -0.2) is 24.1 Å². The number of fused-ring (bicyclic) bond motifs is 1. The van der Waals surface area contributed by atoms with Gasteiger partial charge in [-0.3, -0.25) is 4.40 Å². The van der Waals surface area contributed by atoms with Gasteiger partial charge in [0.15, 0.2) is 10.8 Å². The maximum atomic E-state index is 4.60. The predicted molar refractivity (Wildman–Crippen MR) is 70.1 cm³/mol. The van der Waals surface area contributed by atoms with Crippen molar-refractivity contribution in [3.8, 4) is 5.82 Å². The summed E-state index contributed by atoms with van der Waals surface area (Å²) in [6, 6.07) is 0. The molecule has 0 spiro atoms. The van der Waals surface area contributed by atoms with Crippen LogP contribution in [0.2, 0.25) is 0 Å². The number of thiazole rings is 1. The molecule has 7 heteroatoms. The number of aromatic nitrogens is 5. The number of hydrogen-bond acceptors (Lipinski definition) is 4. The van der Waals surface area contributed by atoms with Crippen molar-refractivity contribution in [2.75, 3.05) is 0 Å². The highest BCUT2D eigenvalue weighted by molar-refractivity contribution is 9.08. The number of halogens is 1. The summed E-state index contributed by atoms with van der Waals surface area (Å²) in [6.07, 6.45) is 2.02. The Morgan fingerprint density at radius 1 is 1.35 bits per heavy atom. The van der Waals surface area contributed by atoms with Crippen molar-refractivity contribution in [1.82, 2.24) is 24.1 Å². The first-order valence-corrected chi connectivity index (χ1v) is 7.12. The lowest BCUT2D eigenvalue weighted by Gasteiger charge is -2.01. The average molecular weight is 312 g/mol. The lowest BCUT2D eigenvalue weighted by molar-refractivity contribution is 0.801. The molecule has 0 fully saturated rings. The van der Waals surface area contributed by atoms with Crippen LogP contribution < -0.4 is 0 Å². The Kier molecular flexibility index (Phi) is 2.52. The molecule has 0 saturated carbocycles. The Morgan fingerprint density at radius 2 is 2.18 bits per heavy atom. The fourth-order valence-corrected chi connectivity index (χ4v) is 3.09. The maximum Gasteiger partial charge on any atom is 0.195 e. The number of aryl methyl sites for hydroxylation is 2. The minimum absolute atomic E-state index is 0.735. The molecular formula is C10H10BrN5S. The van der Waals surface area contributed by atoms with E-state index in [1.807, 2.05) is 25.4 Å². The van der Waals surface area contributed by atoms with Crippen molar-refractivity contribution in [3.05, 3.63) is 28.9 Å². The Bertz CT molecular complexity index is 680. The predicted octanol–water partition coefficient (Wildman–Crippen LogP) is 2.49. The van der Waals surface area contributed by atoms with E-state index in [0.717, 1.165) is 33.5 Å². The van der Waals surface area contributed by atoms with E-state index in [-0.39, 0.29) is 0 Å². The number of nitrogens with zero attached hydrogens (tertiary/aromatic N) is 5. The van der Waals surface area contributed by atoms with Gasteiger partial charge in [0.1, 0.15) is 11.6 Å². The topological polar surface area (TPSA) is 48.0 Å². The zero-order valence-corrected chi connectivity index (χ0v) is 11.8. The molecule has 3 rings (SSSR count). The lowest BCUT2D eigenvalue weighted by Crippen LogP contribution is -2.03. The molecule has 0 atom stereocenters. The smallest absolute Gasteiger partial charge is 0.195 e. The molecule has 0 unspecified atom stereocenters. The van der Waals surface area contributed by atoms with Crippen LogP contribution in [0.4, 0.5) is 0 Å². The first-order chi connectivity index (χ1) is 8.20. The summed E-state index contributed by atoms with van der Waals surface area (Å²) in [6.45, 7) is 3.82. The van der Waals surface area contributed by atoms with Gasteiger partial charge in [0.05, 0.1) is 5.69 Å². The summed E-state index contributed by atoms with van der Waals surface area (Å²) < 4.78 is 3.87. The van der Waals surface area contributed by atoms with Crippen LogP contribution in [-0.2, 0) is 5.33 Å². The Morgan fingerprint density at radius 3 is 2.82 bits per heavy atom. The molecule has 0 aliphatic rings. The van der Waals surface area contributed by atoms with Crippen LogP contribution in [0.3, 0.4) is 0 Å². The molecule has 3 aromatic rings. The molecule has 0 bridgehead atoms. The first kappa shape index (κ1) is 10.9. The monoisotopic (exact) mass is 311 g/mol. The number of imidazole rings is 1. The van der Waals surface area contributed by atoms with Gasteiger partial charge in [-0.15, -0.1) is 16.4 Å². The minimum atomic E-state index is 0.735. The van der Waals surface area contributed by atoms with Crippen LogP contribution in [0.5, 0.6) is 0 Å². The summed E-state index contributed by atoms with van der Waals surface area (Å²) in [5.74, 6) is 2.47. The number of hydrogen-bond donors (Lipinski definition) is 0. The Hall–Kier alpha value is -1.21. The standard InChI is InChI=1S/C10H10BrN5S/c1-6-12-7(2)16(14-6)9-8(5-11)15-3-4-17-10(15)13-9/h3-4H,5H2,1-2H3. The first-order valence-electron chi connectivity index (χ1n) is 5.11. The fraction of sp³-hybridized carbons (Fsp3) is 0.300.